The van der Waals surface area contributed by atoms with Crippen molar-refractivity contribution < 1.29 is 14.4 Å². The third kappa shape index (κ3) is 5.21. The first-order chi connectivity index (χ1) is 10.5. The van der Waals surface area contributed by atoms with Crippen LogP contribution < -0.4 is 4.84 Å². The van der Waals surface area contributed by atoms with Gasteiger partial charge in [0.1, 0.15) is 5.82 Å². The third-order valence-electron chi connectivity index (χ3n) is 3.98. The van der Waals surface area contributed by atoms with Gasteiger partial charge in [-0.3, -0.25) is 4.79 Å². The molecular weight excluding hydrogens is 320 g/mol. The minimum Gasteiger partial charge on any atom is -0.341 e. The molecule has 23 heavy (non-hydrogen) atoms. The van der Waals surface area contributed by atoms with Crippen LogP contribution in [0.25, 0.3) is 0 Å². The summed E-state index contributed by atoms with van der Waals surface area (Å²) in [7, 11) is 4.08. The van der Waals surface area contributed by atoms with Gasteiger partial charge in [0.2, 0.25) is 5.91 Å². The number of likely N-dealkylation sites (N-methyl/N-ethyl adjacent to an activating group) is 1. The second-order valence-corrected chi connectivity index (χ2v) is 5.73. The molecule has 1 aromatic heterocycles. The number of carbonyl (C=O) groups excluding carboxylic acids is 2. The number of carbonyl (C=O) groups is 2. The summed E-state index contributed by atoms with van der Waals surface area (Å²) in [6.07, 6.45) is 5.32. The molecule has 7 nitrogen and oxygen atoms in total. The van der Waals surface area contributed by atoms with E-state index in [1.54, 1.807) is 19.3 Å². The van der Waals surface area contributed by atoms with Gasteiger partial charge in [0, 0.05) is 44.6 Å². The van der Waals surface area contributed by atoms with E-state index in [4.69, 9.17) is 4.84 Å². The van der Waals surface area contributed by atoms with E-state index in [1.807, 2.05) is 19.0 Å². The van der Waals surface area contributed by atoms with Gasteiger partial charge in [0.25, 0.3) is 0 Å². The van der Waals surface area contributed by atoms with Crippen LogP contribution in [-0.2, 0) is 16.0 Å². The summed E-state index contributed by atoms with van der Waals surface area (Å²) in [4.78, 5) is 36.9. The largest absolute Gasteiger partial charge is 0.341 e. The van der Waals surface area contributed by atoms with E-state index < -0.39 is 0 Å². The molecule has 0 unspecified atom stereocenters. The Hall–Kier alpha value is -1.60. The van der Waals surface area contributed by atoms with E-state index in [0.717, 1.165) is 19.5 Å². The highest BCUT2D eigenvalue weighted by atomic mass is 35.5. The maximum atomic E-state index is 12.3. The predicted octanol–water partition coefficient (Wildman–Crippen LogP) is 0.765. The second-order valence-electron chi connectivity index (χ2n) is 5.73. The molecular formula is C15H25ClN4O3. The topological polar surface area (TPSA) is 67.7 Å². The fourth-order valence-corrected chi connectivity index (χ4v) is 2.52. The fraction of sp³-hybridized carbons (Fsp3) is 0.667. The average molecular weight is 345 g/mol. The van der Waals surface area contributed by atoms with Gasteiger partial charge < -0.3 is 14.6 Å². The molecule has 2 rings (SSSR count). The number of aromatic nitrogens is 2. The van der Waals surface area contributed by atoms with Crippen molar-refractivity contribution in [3.63, 3.8) is 0 Å². The van der Waals surface area contributed by atoms with Crippen molar-refractivity contribution in [3.8, 4) is 0 Å². The normalized spacial score (nSPS) is 17.2. The van der Waals surface area contributed by atoms with Crippen LogP contribution in [0.5, 0.6) is 0 Å². The van der Waals surface area contributed by atoms with E-state index in [0.29, 0.717) is 31.1 Å². The Kier molecular flexibility index (Phi) is 7.51. The van der Waals surface area contributed by atoms with Crippen LogP contribution in [0.1, 0.15) is 32.0 Å². The summed E-state index contributed by atoms with van der Waals surface area (Å²) >= 11 is 0. The van der Waals surface area contributed by atoms with Crippen LogP contribution in [0.4, 0.5) is 0 Å². The van der Waals surface area contributed by atoms with E-state index in [9.17, 15) is 9.59 Å². The summed E-state index contributed by atoms with van der Waals surface area (Å²) in [5.74, 6) is 0.401. The molecule has 1 saturated heterocycles. The lowest BCUT2D eigenvalue weighted by molar-refractivity contribution is -0.144. The van der Waals surface area contributed by atoms with Gasteiger partial charge in [-0.1, -0.05) is 6.92 Å². The molecule has 1 aliphatic rings. The lowest BCUT2D eigenvalue weighted by Gasteiger charge is -2.20. The van der Waals surface area contributed by atoms with Gasteiger partial charge in [0.15, 0.2) is 0 Å². The molecule has 130 valence electrons. The summed E-state index contributed by atoms with van der Waals surface area (Å²) in [6.45, 7) is 3.32. The highest BCUT2D eigenvalue weighted by molar-refractivity contribution is 5.85. The molecule has 1 fully saturated rings. The standard InChI is InChI=1S/C15H24N4O3.ClH/c1-4-15(21)22-19-10-8-16-13(19)5-6-14(20)18-9-7-12(11-18)17(2)3;/h8,10,12H,4-7,9,11H2,1-3H3;1H/t12-;/m0./s1. The van der Waals surface area contributed by atoms with E-state index in [-0.39, 0.29) is 24.3 Å². The van der Waals surface area contributed by atoms with Crippen LogP contribution >= 0.6 is 12.4 Å². The van der Waals surface area contributed by atoms with Crippen molar-refractivity contribution in [2.24, 2.45) is 0 Å². The third-order valence-corrected chi connectivity index (χ3v) is 3.98. The van der Waals surface area contributed by atoms with E-state index in [2.05, 4.69) is 9.88 Å². The molecule has 0 spiro atoms. The monoisotopic (exact) mass is 344 g/mol. The number of aryl methyl sites for hydroxylation is 1. The lowest BCUT2D eigenvalue weighted by Crippen LogP contribution is -2.34. The smallest absolute Gasteiger partial charge is 0.332 e. The summed E-state index contributed by atoms with van der Waals surface area (Å²) in [5.41, 5.74) is 0. The van der Waals surface area contributed by atoms with Crippen LogP contribution in [0.15, 0.2) is 12.4 Å². The molecule has 2 heterocycles. The maximum absolute atomic E-state index is 12.3. The molecule has 1 amide bonds. The SMILES string of the molecule is CCC(=O)On1ccnc1CCC(=O)N1CC[C@H](N(C)C)C1.Cl. The number of imidazole rings is 1. The average Bonchev–Trinajstić information content (AvgIpc) is 3.14. The van der Waals surface area contributed by atoms with Crippen molar-refractivity contribution in [2.45, 2.75) is 38.6 Å². The lowest BCUT2D eigenvalue weighted by atomic mass is 10.2. The molecule has 0 radical (unpaired) electrons. The van der Waals surface area contributed by atoms with Gasteiger partial charge in [-0.15, -0.1) is 12.4 Å². The number of hydrogen-bond donors (Lipinski definition) is 0. The summed E-state index contributed by atoms with van der Waals surface area (Å²) in [6, 6.07) is 0.441. The van der Waals surface area contributed by atoms with Crippen molar-refractivity contribution >= 4 is 24.3 Å². The Morgan fingerprint density at radius 3 is 2.78 bits per heavy atom. The van der Waals surface area contributed by atoms with Gasteiger partial charge in [0.05, 0.1) is 6.20 Å². The van der Waals surface area contributed by atoms with E-state index in [1.165, 1.54) is 4.73 Å². The molecule has 0 aliphatic carbocycles. The number of rotatable bonds is 6. The molecule has 1 atom stereocenters. The van der Waals surface area contributed by atoms with Gasteiger partial charge in [-0.2, -0.15) is 4.73 Å². The van der Waals surface area contributed by atoms with Crippen LogP contribution in [0.2, 0.25) is 0 Å². The predicted molar refractivity (Wildman–Crippen MR) is 88.3 cm³/mol. The maximum Gasteiger partial charge on any atom is 0.332 e. The fourth-order valence-electron chi connectivity index (χ4n) is 2.52. The van der Waals surface area contributed by atoms with Crippen molar-refractivity contribution in [1.82, 2.24) is 19.5 Å². The Morgan fingerprint density at radius 1 is 1.43 bits per heavy atom. The van der Waals surface area contributed by atoms with Crippen molar-refractivity contribution in [3.05, 3.63) is 18.2 Å². The molecule has 0 N–H and O–H groups in total. The Morgan fingerprint density at radius 2 is 2.17 bits per heavy atom. The Labute approximate surface area is 143 Å². The molecule has 1 aliphatic heterocycles. The molecule has 1 aromatic rings. The van der Waals surface area contributed by atoms with Crippen molar-refractivity contribution in [2.75, 3.05) is 27.2 Å². The highest BCUT2D eigenvalue weighted by Crippen LogP contribution is 2.15. The number of halogens is 1. The summed E-state index contributed by atoms with van der Waals surface area (Å²) < 4.78 is 1.35. The van der Waals surface area contributed by atoms with Crippen molar-refractivity contribution in [1.29, 1.82) is 0 Å². The van der Waals surface area contributed by atoms with Gasteiger partial charge in [-0.25, -0.2) is 9.78 Å². The second kappa shape index (κ2) is 8.88. The Bertz CT molecular complexity index is 533. The molecule has 0 aromatic carbocycles. The zero-order chi connectivity index (χ0) is 16.1. The van der Waals surface area contributed by atoms with Gasteiger partial charge >= 0.3 is 5.97 Å². The van der Waals surface area contributed by atoms with Gasteiger partial charge in [-0.05, 0) is 20.5 Å². The van der Waals surface area contributed by atoms with Crippen LogP contribution in [0.3, 0.4) is 0 Å². The first kappa shape index (κ1) is 19.4. The Balaban J connectivity index is 0.00000264. The first-order valence-electron chi connectivity index (χ1n) is 7.68. The highest BCUT2D eigenvalue weighted by Gasteiger charge is 2.27. The molecule has 8 heteroatoms. The molecule has 0 bridgehead atoms. The minimum absolute atomic E-state index is 0. The quantitative estimate of drug-likeness (QED) is 0.762. The number of likely N-dealkylation sites (tertiary alicyclic amines) is 1. The summed E-state index contributed by atoms with van der Waals surface area (Å²) in [5, 5.41) is 0. The molecule has 0 saturated carbocycles. The number of hydrogen-bond acceptors (Lipinski definition) is 5. The minimum atomic E-state index is -0.320. The number of nitrogens with zero attached hydrogens (tertiary/aromatic N) is 4. The first-order valence-corrected chi connectivity index (χ1v) is 7.68. The van der Waals surface area contributed by atoms with Crippen LogP contribution in [0, 0.1) is 0 Å². The van der Waals surface area contributed by atoms with E-state index >= 15 is 0 Å². The zero-order valence-corrected chi connectivity index (χ0v) is 14.7. The number of amides is 1. The van der Waals surface area contributed by atoms with Crippen LogP contribution in [-0.4, -0.2) is 64.6 Å². The zero-order valence-electron chi connectivity index (χ0n) is 13.9.